The van der Waals surface area contributed by atoms with Crippen molar-refractivity contribution in [1.82, 2.24) is 10.6 Å². The van der Waals surface area contributed by atoms with Gasteiger partial charge in [0.25, 0.3) is 0 Å². The summed E-state index contributed by atoms with van der Waals surface area (Å²) in [6.07, 6.45) is 0.734. The van der Waals surface area contributed by atoms with Gasteiger partial charge in [0.05, 0.1) is 21.3 Å². The van der Waals surface area contributed by atoms with Crippen LogP contribution in [-0.2, 0) is 6.42 Å². The van der Waals surface area contributed by atoms with Gasteiger partial charge in [-0.15, -0.1) is 11.3 Å². The minimum absolute atomic E-state index is 0.435. The maximum Gasteiger partial charge on any atom is 0.191 e. The van der Waals surface area contributed by atoms with Gasteiger partial charge in [-0.05, 0) is 17.9 Å². The number of nitrogens with zero attached hydrogens (tertiary/aromatic N) is 1. The molecular weight excluding hydrogens is 362 g/mol. The number of benzene rings is 1. The first-order chi connectivity index (χ1) is 13.1. The molecule has 0 saturated carbocycles. The topological polar surface area (TPSA) is 64.1 Å². The molecule has 0 aliphatic carbocycles. The lowest BCUT2D eigenvalue weighted by Gasteiger charge is -2.17. The van der Waals surface area contributed by atoms with Crippen molar-refractivity contribution >= 4 is 17.3 Å². The maximum absolute atomic E-state index is 5.50. The summed E-state index contributed by atoms with van der Waals surface area (Å²) in [5.74, 6) is 3.43. The van der Waals surface area contributed by atoms with Gasteiger partial charge in [-0.1, -0.05) is 13.0 Å². The van der Waals surface area contributed by atoms with E-state index in [-0.39, 0.29) is 0 Å². The predicted octanol–water partition coefficient (Wildman–Crippen LogP) is 3.29. The Balaban J connectivity index is 1.92. The lowest BCUT2D eigenvalue weighted by atomic mass is 10.1. The van der Waals surface area contributed by atoms with E-state index in [1.807, 2.05) is 12.1 Å². The Kier molecular flexibility index (Phi) is 8.26. The lowest BCUT2D eigenvalue weighted by Crippen LogP contribution is -2.39. The highest BCUT2D eigenvalue weighted by atomic mass is 32.1. The van der Waals surface area contributed by atoms with Gasteiger partial charge in [0.1, 0.15) is 17.2 Å². The van der Waals surface area contributed by atoms with Crippen molar-refractivity contribution in [3.8, 4) is 17.2 Å². The predicted molar refractivity (Wildman–Crippen MR) is 112 cm³/mol. The molecule has 2 aromatic rings. The van der Waals surface area contributed by atoms with Crippen molar-refractivity contribution in [2.75, 3.05) is 41.5 Å². The second kappa shape index (κ2) is 10.7. The third-order valence-corrected chi connectivity index (χ3v) is 5.42. The van der Waals surface area contributed by atoms with E-state index >= 15 is 0 Å². The minimum Gasteiger partial charge on any atom is -0.496 e. The number of hydrogen-bond acceptors (Lipinski definition) is 5. The fourth-order valence-corrected chi connectivity index (χ4v) is 3.56. The Bertz CT molecular complexity index is 707. The van der Waals surface area contributed by atoms with E-state index < -0.39 is 0 Å². The highest BCUT2D eigenvalue weighted by Gasteiger charge is 2.13. The monoisotopic (exact) mass is 391 g/mol. The summed E-state index contributed by atoms with van der Waals surface area (Å²) in [5.41, 5.74) is 0.996. The van der Waals surface area contributed by atoms with Gasteiger partial charge in [-0.25, -0.2) is 0 Å². The van der Waals surface area contributed by atoms with Crippen LogP contribution in [-0.4, -0.2) is 47.4 Å². The molecule has 1 unspecified atom stereocenters. The Labute approximate surface area is 165 Å². The summed E-state index contributed by atoms with van der Waals surface area (Å²) in [6.45, 7) is 3.74. The van der Waals surface area contributed by atoms with Crippen LogP contribution in [0.1, 0.15) is 23.3 Å². The number of nitrogens with one attached hydrogen (secondary N) is 2. The average Bonchev–Trinajstić information content (AvgIpc) is 3.24. The van der Waals surface area contributed by atoms with Crippen LogP contribution in [0.5, 0.6) is 17.2 Å². The second-order valence-corrected chi connectivity index (χ2v) is 7.04. The van der Waals surface area contributed by atoms with Crippen LogP contribution in [0.3, 0.4) is 0 Å². The number of ether oxygens (including phenoxy) is 3. The molecule has 6 nitrogen and oxygen atoms in total. The number of methoxy groups -OCH3 is 3. The van der Waals surface area contributed by atoms with Crippen molar-refractivity contribution in [3.05, 3.63) is 40.1 Å². The molecule has 1 atom stereocenters. The van der Waals surface area contributed by atoms with Gasteiger partial charge in [-0.3, -0.25) is 4.99 Å². The van der Waals surface area contributed by atoms with E-state index in [1.54, 1.807) is 39.7 Å². The van der Waals surface area contributed by atoms with Crippen molar-refractivity contribution in [2.45, 2.75) is 19.3 Å². The molecule has 1 heterocycles. The lowest BCUT2D eigenvalue weighted by molar-refractivity contribution is 0.368. The van der Waals surface area contributed by atoms with E-state index in [4.69, 9.17) is 14.2 Å². The Morgan fingerprint density at radius 1 is 1.11 bits per heavy atom. The quantitative estimate of drug-likeness (QED) is 0.507. The van der Waals surface area contributed by atoms with E-state index in [2.05, 4.69) is 40.1 Å². The zero-order valence-electron chi connectivity index (χ0n) is 16.7. The minimum atomic E-state index is 0.435. The fourth-order valence-electron chi connectivity index (χ4n) is 2.77. The van der Waals surface area contributed by atoms with Crippen molar-refractivity contribution < 1.29 is 14.2 Å². The van der Waals surface area contributed by atoms with E-state index in [9.17, 15) is 0 Å². The molecule has 0 amide bonds. The highest BCUT2D eigenvalue weighted by molar-refractivity contribution is 7.10. The Morgan fingerprint density at radius 3 is 2.33 bits per heavy atom. The van der Waals surface area contributed by atoms with Gasteiger partial charge < -0.3 is 24.8 Å². The SMILES string of the molecule is CN=C(NCCc1c(OC)cc(OC)cc1OC)NCC(C)c1cccs1. The van der Waals surface area contributed by atoms with Gasteiger partial charge in [-0.2, -0.15) is 0 Å². The summed E-state index contributed by atoms with van der Waals surface area (Å²) < 4.78 is 16.3. The van der Waals surface area contributed by atoms with Crippen LogP contribution in [0.15, 0.2) is 34.6 Å². The third kappa shape index (κ3) is 5.79. The average molecular weight is 392 g/mol. The van der Waals surface area contributed by atoms with Crippen LogP contribution in [0.25, 0.3) is 0 Å². The largest absolute Gasteiger partial charge is 0.496 e. The summed E-state index contributed by atoms with van der Waals surface area (Å²) >= 11 is 1.78. The molecule has 2 rings (SSSR count). The maximum atomic E-state index is 5.50. The Hall–Kier alpha value is -2.41. The van der Waals surface area contributed by atoms with Crippen molar-refractivity contribution in [2.24, 2.45) is 4.99 Å². The highest BCUT2D eigenvalue weighted by Crippen LogP contribution is 2.34. The van der Waals surface area contributed by atoms with Crippen molar-refractivity contribution in [1.29, 1.82) is 0 Å². The second-order valence-electron chi connectivity index (χ2n) is 6.06. The zero-order chi connectivity index (χ0) is 19.6. The molecule has 148 valence electrons. The zero-order valence-corrected chi connectivity index (χ0v) is 17.5. The first kappa shape index (κ1) is 20.9. The molecule has 0 aliphatic heterocycles. The van der Waals surface area contributed by atoms with Gasteiger partial charge in [0.15, 0.2) is 5.96 Å². The molecule has 0 saturated heterocycles. The first-order valence-corrected chi connectivity index (χ1v) is 9.77. The summed E-state index contributed by atoms with van der Waals surface area (Å²) in [5, 5.41) is 8.84. The van der Waals surface area contributed by atoms with Crippen molar-refractivity contribution in [3.63, 3.8) is 0 Å². The number of hydrogen-bond donors (Lipinski definition) is 2. The van der Waals surface area contributed by atoms with Crippen LogP contribution < -0.4 is 24.8 Å². The molecule has 1 aromatic heterocycles. The number of aliphatic imine (C=N–C) groups is 1. The normalized spacial score (nSPS) is 12.4. The Morgan fingerprint density at radius 2 is 1.81 bits per heavy atom. The van der Waals surface area contributed by atoms with Crippen LogP contribution in [0.2, 0.25) is 0 Å². The molecule has 27 heavy (non-hydrogen) atoms. The molecular formula is C20H29N3O3S. The summed E-state index contributed by atoms with van der Waals surface area (Å²) in [6, 6.07) is 7.98. The summed E-state index contributed by atoms with van der Waals surface area (Å²) in [4.78, 5) is 5.67. The molecule has 0 radical (unpaired) electrons. The molecule has 0 fully saturated rings. The van der Waals surface area contributed by atoms with E-state index in [0.29, 0.717) is 18.2 Å². The number of thiophene rings is 1. The molecule has 1 aromatic carbocycles. The van der Waals surface area contributed by atoms with E-state index in [1.165, 1.54) is 4.88 Å². The number of guanidine groups is 1. The van der Waals surface area contributed by atoms with Gasteiger partial charge in [0.2, 0.25) is 0 Å². The molecule has 0 spiro atoms. The number of rotatable bonds is 9. The molecule has 0 aliphatic rings. The van der Waals surface area contributed by atoms with Gasteiger partial charge in [0, 0.05) is 48.6 Å². The van der Waals surface area contributed by atoms with Gasteiger partial charge >= 0.3 is 0 Å². The third-order valence-electron chi connectivity index (χ3n) is 4.31. The smallest absolute Gasteiger partial charge is 0.191 e. The summed E-state index contributed by atoms with van der Waals surface area (Å²) in [7, 11) is 6.71. The van der Waals surface area contributed by atoms with Crippen LogP contribution >= 0.6 is 11.3 Å². The molecule has 0 bridgehead atoms. The van der Waals surface area contributed by atoms with Crippen LogP contribution in [0.4, 0.5) is 0 Å². The fraction of sp³-hybridized carbons (Fsp3) is 0.450. The molecule has 2 N–H and O–H groups in total. The molecule has 7 heteroatoms. The standard InChI is InChI=1S/C20H29N3O3S/c1-14(19-7-6-10-27-19)13-23-20(21-2)22-9-8-16-17(25-4)11-15(24-3)12-18(16)26-5/h6-7,10-12,14H,8-9,13H2,1-5H3,(H2,21,22,23). The van der Waals surface area contributed by atoms with Crippen LogP contribution in [0, 0.1) is 0 Å². The first-order valence-electron chi connectivity index (χ1n) is 8.89. The van der Waals surface area contributed by atoms with E-state index in [0.717, 1.165) is 36.0 Å².